The van der Waals surface area contributed by atoms with Gasteiger partial charge in [0.1, 0.15) is 30.9 Å². The number of esters is 2. The van der Waals surface area contributed by atoms with Crippen molar-refractivity contribution in [3.63, 3.8) is 0 Å². The zero-order valence-corrected chi connectivity index (χ0v) is 23.1. The lowest BCUT2D eigenvalue weighted by Gasteiger charge is -2.15. The number of hydrogen-bond donors (Lipinski definition) is 0. The highest BCUT2D eigenvalue weighted by Gasteiger charge is 2.26. The summed E-state index contributed by atoms with van der Waals surface area (Å²) < 4.78 is 24.5. The fraction of sp³-hybridized carbons (Fsp3) is 0.182. The van der Waals surface area contributed by atoms with E-state index < -0.39 is 11.9 Å². The zero-order valence-electron chi connectivity index (χ0n) is 23.1. The Kier molecular flexibility index (Phi) is 7.38. The average molecular weight is 537 g/mol. The molecule has 5 rings (SSSR count). The number of aromatic nitrogens is 1. The number of benzene rings is 4. The van der Waals surface area contributed by atoms with E-state index in [4.69, 9.17) is 18.9 Å². The van der Waals surface area contributed by atoms with Crippen LogP contribution in [0.4, 0.5) is 0 Å². The lowest BCUT2D eigenvalue weighted by molar-refractivity contribution is -0.617. The van der Waals surface area contributed by atoms with E-state index in [0.29, 0.717) is 50.3 Å². The topological polar surface area (TPSA) is 74.9 Å². The predicted octanol–water partition coefficient (Wildman–Crippen LogP) is 6.03. The lowest BCUT2D eigenvalue weighted by atomic mass is 10.0. The van der Waals surface area contributed by atoms with Gasteiger partial charge in [0.25, 0.3) is 0 Å². The number of carbonyl (C=O) groups excluding carboxylic acids is 2. The molecule has 4 aromatic carbocycles. The Bertz CT molecular complexity index is 1670. The molecular weight excluding hydrogens is 506 g/mol. The number of aryl methyl sites for hydroxylation is 3. The molecule has 202 valence electrons. The van der Waals surface area contributed by atoms with Gasteiger partial charge in [0.15, 0.2) is 0 Å². The van der Waals surface area contributed by atoms with Crippen LogP contribution in [-0.4, -0.2) is 26.2 Å². The van der Waals surface area contributed by atoms with Crippen LogP contribution in [0.5, 0.6) is 17.2 Å². The highest BCUT2D eigenvalue weighted by atomic mass is 16.5. The van der Waals surface area contributed by atoms with E-state index in [2.05, 4.69) is 0 Å². The van der Waals surface area contributed by atoms with Gasteiger partial charge >= 0.3 is 11.9 Å². The summed E-state index contributed by atoms with van der Waals surface area (Å²) in [6.07, 6.45) is 0. The summed E-state index contributed by atoms with van der Waals surface area (Å²) in [6, 6.07) is 24.1. The number of pyridine rings is 1. The molecule has 0 amide bonds. The first-order valence-corrected chi connectivity index (χ1v) is 12.8. The number of rotatable bonds is 7. The van der Waals surface area contributed by atoms with Crippen LogP contribution in [0, 0.1) is 13.8 Å². The van der Waals surface area contributed by atoms with Crippen molar-refractivity contribution in [1.82, 2.24) is 0 Å². The molecule has 0 aliphatic carbocycles. The summed E-state index contributed by atoms with van der Waals surface area (Å²) in [5, 5.41) is 1.37. The monoisotopic (exact) mass is 536 g/mol. The van der Waals surface area contributed by atoms with Crippen LogP contribution in [0.25, 0.3) is 21.8 Å². The van der Waals surface area contributed by atoms with Gasteiger partial charge in [0, 0.05) is 12.1 Å². The van der Waals surface area contributed by atoms with Crippen LogP contribution in [0.2, 0.25) is 0 Å². The van der Waals surface area contributed by atoms with Crippen LogP contribution < -0.4 is 18.8 Å². The highest BCUT2D eigenvalue weighted by molar-refractivity contribution is 6.14. The van der Waals surface area contributed by atoms with Crippen LogP contribution in [0.15, 0.2) is 78.9 Å². The van der Waals surface area contributed by atoms with Crippen molar-refractivity contribution in [2.45, 2.75) is 20.5 Å². The molecule has 0 radical (unpaired) electrons. The van der Waals surface area contributed by atoms with Crippen LogP contribution in [0.1, 0.15) is 37.4 Å². The first kappa shape index (κ1) is 26.7. The molecule has 0 aliphatic heterocycles. The third-order valence-corrected chi connectivity index (χ3v) is 6.98. The molecule has 0 saturated carbocycles. The summed E-state index contributed by atoms with van der Waals surface area (Å²) in [4.78, 5) is 26.7. The van der Waals surface area contributed by atoms with Crippen molar-refractivity contribution in [1.29, 1.82) is 0 Å². The summed E-state index contributed by atoms with van der Waals surface area (Å²) >= 11 is 0. The van der Waals surface area contributed by atoms with E-state index in [1.54, 1.807) is 40.2 Å². The van der Waals surface area contributed by atoms with Crippen molar-refractivity contribution in [3.8, 4) is 17.2 Å². The first-order chi connectivity index (χ1) is 19.3. The number of methoxy groups -OCH3 is 2. The third-order valence-electron chi connectivity index (χ3n) is 6.98. The van der Waals surface area contributed by atoms with Gasteiger partial charge in [-0.05, 0) is 66.9 Å². The van der Waals surface area contributed by atoms with Gasteiger partial charge in [-0.15, -0.1) is 0 Å². The lowest BCUT2D eigenvalue weighted by Crippen LogP contribution is -2.31. The summed E-state index contributed by atoms with van der Waals surface area (Å²) in [5.74, 6) is 0.663. The molecule has 0 saturated heterocycles. The maximum Gasteiger partial charge on any atom is 0.345 e. The maximum absolute atomic E-state index is 13.9. The highest BCUT2D eigenvalue weighted by Crippen LogP contribution is 2.33. The summed E-state index contributed by atoms with van der Waals surface area (Å²) in [5.41, 5.74) is 4.66. The van der Waals surface area contributed by atoms with Gasteiger partial charge in [-0.1, -0.05) is 30.3 Å². The summed E-state index contributed by atoms with van der Waals surface area (Å²) in [7, 11) is 5.12. The minimum atomic E-state index is -0.525. The van der Waals surface area contributed by atoms with Gasteiger partial charge in [-0.25, -0.2) is 9.59 Å². The number of carbonyl (C=O) groups is 2. The van der Waals surface area contributed by atoms with Crippen molar-refractivity contribution in [3.05, 3.63) is 107 Å². The van der Waals surface area contributed by atoms with Crippen molar-refractivity contribution in [2.24, 2.45) is 7.05 Å². The molecule has 0 bridgehead atoms. The van der Waals surface area contributed by atoms with E-state index in [0.717, 1.165) is 16.6 Å². The fourth-order valence-corrected chi connectivity index (χ4v) is 4.94. The Morgan fingerprint density at radius 2 is 1.27 bits per heavy atom. The molecule has 7 heteroatoms. The minimum absolute atomic E-state index is 0.174. The zero-order chi connectivity index (χ0) is 28.4. The third kappa shape index (κ3) is 5.06. The Hall–Kier alpha value is -4.91. The normalized spacial score (nSPS) is 10.9. The molecule has 1 aromatic heterocycles. The Labute approximate surface area is 232 Å². The van der Waals surface area contributed by atoms with Crippen molar-refractivity contribution in [2.75, 3.05) is 14.2 Å². The maximum atomic E-state index is 13.9. The van der Waals surface area contributed by atoms with Crippen LogP contribution in [-0.2, 0) is 18.4 Å². The Morgan fingerprint density at radius 3 is 1.80 bits per heavy atom. The molecule has 0 unspecified atom stereocenters. The molecule has 40 heavy (non-hydrogen) atoms. The number of fused-ring (bicyclic) bond motifs is 2. The second kappa shape index (κ2) is 11.1. The average Bonchev–Trinajstić information content (AvgIpc) is 2.97. The molecule has 0 fully saturated rings. The second-order valence-electron chi connectivity index (χ2n) is 9.59. The van der Waals surface area contributed by atoms with Crippen LogP contribution >= 0.6 is 0 Å². The molecule has 5 aromatic rings. The molecule has 7 nitrogen and oxygen atoms in total. The van der Waals surface area contributed by atoms with E-state index in [9.17, 15) is 9.59 Å². The summed E-state index contributed by atoms with van der Waals surface area (Å²) in [6.45, 7) is 3.78. The predicted molar refractivity (Wildman–Crippen MR) is 152 cm³/mol. The van der Waals surface area contributed by atoms with E-state index in [-0.39, 0.29) is 6.61 Å². The van der Waals surface area contributed by atoms with Crippen molar-refractivity contribution < 1.29 is 33.1 Å². The first-order valence-electron chi connectivity index (χ1n) is 12.8. The number of hydrogen-bond acceptors (Lipinski definition) is 6. The van der Waals surface area contributed by atoms with E-state index in [1.807, 2.05) is 78.3 Å². The number of nitrogens with zero attached hydrogens (tertiary/aromatic N) is 1. The number of ether oxygens (including phenoxy) is 4. The molecule has 0 atom stereocenters. The fourth-order valence-electron chi connectivity index (χ4n) is 4.94. The Balaban J connectivity index is 1.53. The standard InChI is InChI=1S/C33H30NO6/c1-20-15-23(32(35)39-19-22-9-7-6-8-10-22)16-21(2)31(20)40-33(36)30-26-17-24(37-4)11-13-28(26)34(3)29-14-12-25(38-5)18-27(29)30/h6-18H,19H2,1-5H3/q+1. The van der Waals surface area contributed by atoms with Gasteiger partial charge in [-0.2, -0.15) is 4.57 Å². The minimum Gasteiger partial charge on any atom is -0.497 e. The molecule has 0 N–H and O–H groups in total. The van der Waals surface area contributed by atoms with E-state index >= 15 is 0 Å². The van der Waals surface area contributed by atoms with Crippen LogP contribution in [0.3, 0.4) is 0 Å². The molecular formula is C33H30NO6+. The Morgan fingerprint density at radius 1 is 0.725 bits per heavy atom. The molecule has 0 aliphatic rings. The smallest absolute Gasteiger partial charge is 0.345 e. The van der Waals surface area contributed by atoms with Gasteiger partial charge < -0.3 is 18.9 Å². The van der Waals surface area contributed by atoms with Gasteiger partial charge in [0.2, 0.25) is 11.0 Å². The van der Waals surface area contributed by atoms with E-state index in [1.165, 1.54) is 0 Å². The molecule has 0 spiro atoms. The van der Waals surface area contributed by atoms with Crippen molar-refractivity contribution >= 4 is 33.7 Å². The SMILES string of the molecule is COc1ccc2c(c1)c(C(=O)Oc1c(C)cc(C(=O)OCc3ccccc3)cc1C)c1cc(OC)ccc1[n+]2C. The quantitative estimate of drug-likeness (QED) is 0.109. The molecule has 1 heterocycles. The van der Waals surface area contributed by atoms with Gasteiger partial charge in [-0.3, -0.25) is 0 Å². The van der Waals surface area contributed by atoms with Gasteiger partial charge in [0.05, 0.1) is 36.1 Å². The largest absolute Gasteiger partial charge is 0.497 e. The second-order valence-corrected chi connectivity index (χ2v) is 9.59.